The van der Waals surface area contributed by atoms with Gasteiger partial charge in [-0.25, -0.2) is 8.78 Å². The third-order valence-electron chi connectivity index (χ3n) is 2.62. The zero-order chi connectivity index (χ0) is 13.1. The van der Waals surface area contributed by atoms with Gasteiger partial charge in [-0.3, -0.25) is 4.98 Å². The van der Waals surface area contributed by atoms with Crippen molar-refractivity contribution >= 4 is 15.9 Å². The van der Waals surface area contributed by atoms with Crippen LogP contribution in [0.2, 0.25) is 0 Å². The number of nitrogens with zero attached hydrogens (tertiary/aromatic N) is 1. The first-order valence-electron chi connectivity index (χ1n) is 5.34. The third kappa shape index (κ3) is 2.73. The number of pyridine rings is 1. The molecule has 18 heavy (non-hydrogen) atoms. The molecule has 0 saturated heterocycles. The number of aromatic nitrogens is 1. The molecular weight excluding hydrogens is 302 g/mol. The van der Waals surface area contributed by atoms with E-state index in [0.29, 0.717) is 5.56 Å². The lowest BCUT2D eigenvalue weighted by atomic mass is 10.00. The summed E-state index contributed by atoms with van der Waals surface area (Å²) >= 11 is 3.32. The Labute approximate surface area is 112 Å². The van der Waals surface area contributed by atoms with Crippen LogP contribution in [0.4, 0.5) is 8.78 Å². The fourth-order valence-electron chi connectivity index (χ4n) is 1.82. The van der Waals surface area contributed by atoms with Crippen molar-refractivity contribution in [2.24, 2.45) is 0 Å². The van der Waals surface area contributed by atoms with Crippen molar-refractivity contribution in [2.75, 3.05) is 7.05 Å². The van der Waals surface area contributed by atoms with Crippen LogP contribution in [0.1, 0.15) is 17.2 Å². The lowest BCUT2D eigenvalue weighted by molar-refractivity contribution is 0.551. The van der Waals surface area contributed by atoms with E-state index in [0.717, 1.165) is 16.1 Å². The maximum Gasteiger partial charge on any atom is 0.131 e. The van der Waals surface area contributed by atoms with Crippen LogP contribution in [0.3, 0.4) is 0 Å². The predicted octanol–water partition coefficient (Wildman–Crippen LogP) is 3.43. The second-order valence-corrected chi connectivity index (χ2v) is 4.74. The van der Waals surface area contributed by atoms with E-state index in [1.165, 1.54) is 12.1 Å². The zero-order valence-electron chi connectivity index (χ0n) is 9.62. The quantitative estimate of drug-likeness (QED) is 0.939. The molecule has 0 fully saturated rings. The highest BCUT2D eigenvalue weighted by molar-refractivity contribution is 9.10. The standard InChI is InChI=1S/C13H11BrF2N2/c1-17-13(8-4-9(14)7-18-6-8)11-3-2-10(15)5-12(11)16/h2-7,13,17H,1H3. The summed E-state index contributed by atoms with van der Waals surface area (Å²) in [6.07, 6.45) is 3.30. The smallest absolute Gasteiger partial charge is 0.131 e. The summed E-state index contributed by atoms with van der Waals surface area (Å²) in [5, 5.41) is 3.00. The second-order valence-electron chi connectivity index (χ2n) is 3.82. The minimum Gasteiger partial charge on any atom is -0.309 e. The summed E-state index contributed by atoms with van der Waals surface area (Å²) in [4.78, 5) is 4.04. The number of nitrogens with one attached hydrogen (secondary N) is 1. The van der Waals surface area contributed by atoms with Crippen LogP contribution in [0.25, 0.3) is 0 Å². The summed E-state index contributed by atoms with van der Waals surface area (Å²) in [5.41, 5.74) is 1.19. The number of halogens is 3. The summed E-state index contributed by atoms with van der Waals surface area (Å²) in [6, 6.07) is 5.04. The van der Waals surface area contributed by atoms with Crippen molar-refractivity contribution < 1.29 is 8.78 Å². The van der Waals surface area contributed by atoms with Gasteiger partial charge in [0.2, 0.25) is 0 Å². The molecule has 1 heterocycles. The maximum atomic E-state index is 13.8. The number of hydrogen-bond donors (Lipinski definition) is 1. The molecule has 1 atom stereocenters. The average Bonchev–Trinajstić information content (AvgIpc) is 2.33. The lowest BCUT2D eigenvalue weighted by Crippen LogP contribution is -2.19. The van der Waals surface area contributed by atoms with Crippen LogP contribution in [0, 0.1) is 11.6 Å². The SMILES string of the molecule is CNC(c1cncc(Br)c1)c1ccc(F)cc1F. The van der Waals surface area contributed by atoms with Crippen LogP contribution >= 0.6 is 15.9 Å². The first kappa shape index (κ1) is 13.1. The Morgan fingerprint density at radius 2 is 2.00 bits per heavy atom. The fraction of sp³-hybridized carbons (Fsp3) is 0.154. The molecule has 0 bridgehead atoms. The molecule has 0 spiro atoms. The molecule has 0 saturated carbocycles. The number of rotatable bonds is 3. The Morgan fingerprint density at radius 1 is 1.22 bits per heavy atom. The average molecular weight is 313 g/mol. The molecule has 5 heteroatoms. The molecule has 0 radical (unpaired) electrons. The highest BCUT2D eigenvalue weighted by Crippen LogP contribution is 2.25. The van der Waals surface area contributed by atoms with Gasteiger partial charge in [0, 0.05) is 28.5 Å². The first-order valence-corrected chi connectivity index (χ1v) is 6.14. The Morgan fingerprint density at radius 3 is 2.61 bits per heavy atom. The Bertz CT molecular complexity index is 560. The van der Waals surface area contributed by atoms with E-state index in [-0.39, 0.29) is 6.04 Å². The third-order valence-corrected chi connectivity index (χ3v) is 3.06. The highest BCUT2D eigenvalue weighted by Gasteiger charge is 2.17. The summed E-state index contributed by atoms with van der Waals surface area (Å²) in [5.74, 6) is -1.16. The molecule has 0 aliphatic carbocycles. The normalized spacial score (nSPS) is 12.4. The molecule has 1 N–H and O–H groups in total. The summed E-state index contributed by atoms with van der Waals surface area (Å²) in [6.45, 7) is 0. The highest BCUT2D eigenvalue weighted by atomic mass is 79.9. The Balaban J connectivity index is 2.45. The molecule has 0 amide bonds. The van der Waals surface area contributed by atoms with E-state index < -0.39 is 11.6 Å². The van der Waals surface area contributed by atoms with Gasteiger partial charge in [-0.2, -0.15) is 0 Å². The van der Waals surface area contributed by atoms with Gasteiger partial charge >= 0.3 is 0 Å². The van der Waals surface area contributed by atoms with Gasteiger partial charge in [0.1, 0.15) is 11.6 Å². The summed E-state index contributed by atoms with van der Waals surface area (Å²) < 4.78 is 27.5. The van der Waals surface area contributed by atoms with Crippen molar-refractivity contribution in [3.8, 4) is 0 Å². The molecule has 1 aromatic heterocycles. The minimum atomic E-state index is -0.585. The lowest BCUT2D eigenvalue weighted by Gasteiger charge is -2.17. The molecule has 1 unspecified atom stereocenters. The van der Waals surface area contributed by atoms with E-state index >= 15 is 0 Å². The monoisotopic (exact) mass is 312 g/mol. The molecule has 2 nitrogen and oxygen atoms in total. The van der Waals surface area contributed by atoms with Crippen molar-refractivity contribution in [2.45, 2.75) is 6.04 Å². The van der Waals surface area contributed by atoms with Crippen LogP contribution in [-0.2, 0) is 0 Å². The van der Waals surface area contributed by atoms with Crippen LogP contribution < -0.4 is 5.32 Å². The van der Waals surface area contributed by atoms with Gasteiger partial charge in [0.05, 0.1) is 6.04 Å². The molecule has 0 aliphatic rings. The van der Waals surface area contributed by atoms with Gasteiger partial charge in [-0.05, 0) is 40.7 Å². The van der Waals surface area contributed by atoms with E-state index in [2.05, 4.69) is 26.2 Å². The van der Waals surface area contributed by atoms with Crippen LogP contribution in [0.15, 0.2) is 41.1 Å². The van der Waals surface area contributed by atoms with E-state index in [1.807, 2.05) is 6.07 Å². The van der Waals surface area contributed by atoms with Gasteiger partial charge in [-0.1, -0.05) is 6.07 Å². The largest absolute Gasteiger partial charge is 0.309 e. The molecule has 2 rings (SSSR count). The Kier molecular flexibility index (Phi) is 4.04. The predicted molar refractivity (Wildman–Crippen MR) is 69.2 cm³/mol. The zero-order valence-corrected chi connectivity index (χ0v) is 11.2. The van der Waals surface area contributed by atoms with Crippen molar-refractivity contribution in [1.29, 1.82) is 0 Å². The summed E-state index contributed by atoms with van der Waals surface area (Å²) in [7, 11) is 1.72. The molecule has 94 valence electrons. The molecular formula is C13H11BrF2N2. The van der Waals surface area contributed by atoms with Gasteiger partial charge in [0.15, 0.2) is 0 Å². The molecule has 1 aromatic carbocycles. The van der Waals surface area contributed by atoms with Gasteiger partial charge < -0.3 is 5.32 Å². The first-order chi connectivity index (χ1) is 8.61. The van der Waals surface area contributed by atoms with E-state index in [4.69, 9.17) is 0 Å². The Hall–Kier alpha value is -1.33. The van der Waals surface area contributed by atoms with E-state index in [9.17, 15) is 8.78 Å². The van der Waals surface area contributed by atoms with Crippen molar-refractivity contribution in [3.63, 3.8) is 0 Å². The fourth-order valence-corrected chi connectivity index (χ4v) is 2.21. The number of benzene rings is 1. The van der Waals surface area contributed by atoms with Crippen molar-refractivity contribution in [1.82, 2.24) is 10.3 Å². The van der Waals surface area contributed by atoms with Crippen molar-refractivity contribution in [3.05, 3.63) is 63.9 Å². The minimum absolute atomic E-state index is 0.365. The van der Waals surface area contributed by atoms with E-state index in [1.54, 1.807) is 19.4 Å². The molecule has 2 aromatic rings. The maximum absolute atomic E-state index is 13.8. The van der Waals surface area contributed by atoms with Gasteiger partial charge in [-0.15, -0.1) is 0 Å². The topological polar surface area (TPSA) is 24.9 Å². The van der Waals surface area contributed by atoms with Crippen LogP contribution in [-0.4, -0.2) is 12.0 Å². The van der Waals surface area contributed by atoms with Gasteiger partial charge in [0.25, 0.3) is 0 Å². The number of hydrogen-bond acceptors (Lipinski definition) is 2. The van der Waals surface area contributed by atoms with Crippen LogP contribution in [0.5, 0.6) is 0 Å². The second kappa shape index (κ2) is 5.54. The molecule has 0 aliphatic heterocycles.